The second-order valence-corrected chi connectivity index (χ2v) is 7.79. The van der Waals surface area contributed by atoms with Crippen LogP contribution in [0.2, 0.25) is 0 Å². The number of hydrogen-bond acceptors (Lipinski definition) is 6. The highest BCUT2D eigenvalue weighted by atomic mass is 16.5. The average Bonchev–Trinajstić information content (AvgIpc) is 3.06. The SMILES string of the molecule is O=C(O)C1CN(Cc2cnc(NCc3ccccc3)nc2)CC12CCOCC2. The van der Waals surface area contributed by atoms with E-state index in [1.54, 1.807) is 0 Å². The molecule has 1 unspecified atom stereocenters. The smallest absolute Gasteiger partial charge is 0.308 e. The standard InChI is InChI=1S/C21H26N4O3/c26-19(27)18-14-25(15-21(18)6-8-28-9-7-21)13-17-11-23-20(24-12-17)22-10-16-4-2-1-3-5-16/h1-5,11-12,18H,6-10,13-15H2,(H,26,27)(H,22,23,24). The number of likely N-dealkylation sites (tertiary alicyclic amines) is 1. The van der Waals surface area contributed by atoms with Gasteiger partial charge >= 0.3 is 5.97 Å². The Morgan fingerprint density at radius 3 is 2.57 bits per heavy atom. The number of benzene rings is 1. The fourth-order valence-corrected chi connectivity index (χ4v) is 4.38. The highest BCUT2D eigenvalue weighted by Crippen LogP contribution is 2.44. The zero-order valence-corrected chi connectivity index (χ0v) is 15.9. The second kappa shape index (κ2) is 8.24. The lowest BCUT2D eigenvalue weighted by molar-refractivity contribution is -0.147. The highest BCUT2D eigenvalue weighted by Gasteiger charge is 2.50. The van der Waals surface area contributed by atoms with Gasteiger partial charge in [0.25, 0.3) is 0 Å². The highest BCUT2D eigenvalue weighted by molar-refractivity contribution is 5.72. The first kappa shape index (κ1) is 18.8. The van der Waals surface area contributed by atoms with Crippen molar-refractivity contribution >= 4 is 11.9 Å². The van der Waals surface area contributed by atoms with Crippen LogP contribution in [0.15, 0.2) is 42.7 Å². The van der Waals surface area contributed by atoms with E-state index in [9.17, 15) is 9.90 Å². The molecular formula is C21H26N4O3. The molecule has 2 aliphatic rings. The van der Waals surface area contributed by atoms with E-state index < -0.39 is 5.97 Å². The Morgan fingerprint density at radius 1 is 1.18 bits per heavy atom. The molecule has 7 nitrogen and oxygen atoms in total. The minimum absolute atomic E-state index is 0.165. The number of aromatic nitrogens is 2. The van der Waals surface area contributed by atoms with Gasteiger partial charge in [0.15, 0.2) is 0 Å². The van der Waals surface area contributed by atoms with Crippen LogP contribution < -0.4 is 5.32 Å². The van der Waals surface area contributed by atoms with Gasteiger partial charge in [0.05, 0.1) is 5.92 Å². The fraction of sp³-hybridized carbons (Fsp3) is 0.476. The van der Waals surface area contributed by atoms with Gasteiger partial charge in [0, 0.05) is 62.8 Å². The van der Waals surface area contributed by atoms with Crippen LogP contribution in [0.5, 0.6) is 0 Å². The maximum atomic E-state index is 11.8. The summed E-state index contributed by atoms with van der Waals surface area (Å²) in [6, 6.07) is 10.1. The number of aliphatic carboxylic acids is 1. The van der Waals surface area contributed by atoms with Crippen LogP contribution in [-0.4, -0.2) is 52.2 Å². The molecule has 0 saturated carbocycles. The molecule has 2 aliphatic heterocycles. The van der Waals surface area contributed by atoms with Gasteiger partial charge in [-0.25, -0.2) is 9.97 Å². The number of anilines is 1. The number of carboxylic acids is 1. The van der Waals surface area contributed by atoms with Gasteiger partial charge in [0.2, 0.25) is 5.95 Å². The number of carbonyl (C=O) groups is 1. The molecule has 1 atom stereocenters. The number of hydrogen-bond donors (Lipinski definition) is 2. The normalized spacial score (nSPS) is 21.6. The summed E-state index contributed by atoms with van der Waals surface area (Å²) in [6.45, 7) is 4.03. The van der Waals surface area contributed by atoms with E-state index in [0.29, 0.717) is 38.8 Å². The topological polar surface area (TPSA) is 87.6 Å². The molecule has 0 bridgehead atoms. The van der Waals surface area contributed by atoms with Gasteiger partial charge in [-0.3, -0.25) is 9.69 Å². The van der Waals surface area contributed by atoms with Crippen molar-refractivity contribution in [3.8, 4) is 0 Å². The Hall–Kier alpha value is -2.51. The molecule has 0 amide bonds. The molecule has 1 aromatic heterocycles. The zero-order valence-electron chi connectivity index (χ0n) is 15.9. The summed E-state index contributed by atoms with van der Waals surface area (Å²) in [4.78, 5) is 22.8. The van der Waals surface area contributed by atoms with E-state index in [1.807, 2.05) is 30.6 Å². The third-order valence-corrected chi connectivity index (χ3v) is 5.91. The molecule has 3 heterocycles. The molecule has 148 valence electrons. The van der Waals surface area contributed by atoms with E-state index >= 15 is 0 Å². The van der Waals surface area contributed by atoms with Gasteiger partial charge in [-0.05, 0) is 18.4 Å². The third kappa shape index (κ3) is 4.15. The number of nitrogens with zero attached hydrogens (tertiary/aromatic N) is 3. The minimum Gasteiger partial charge on any atom is -0.481 e. The Balaban J connectivity index is 1.36. The number of carboxylic acid groups (broad SMARTS) is 1. The molecule has 2 N–H and O–H groups in total. The van der Waals surface area contributed by atoms with Crippen molar-refractivity contribution in [3.05, 3.63) is 53.9 Å². The lowest BCUT2D eigenvalue weighted by atomic mass is 9.72. The largest absolute Gasteiger partial charge is 0.481 e. The number of ether oxygens (including phenoxy) is 1. The zero-order chi connectivity index (χ0) is 19.4. The maximum Gasteiger partial charge on any atom is 0.308 e. The summed E-state index contributed by atoms with van der Waals surface area (Å²) in [5.74, 6) is -0.427. The lowest BCUT2D eigenvalue weighted by Crippen LogP contribution is -2.40. The molecule has 4 rings (SSSR count). The summed E-state index contributed by atoms with van der Waals surface area (Å²) in [5.41, 5.74) is 2.01. The Morgan fingerprint density at radius 2 is 1.89 bits per heavy atom. The molecule has 2 aromatic rings. The van der Waals surface area contributed by atoms with E-state index in [4.69, 9.17) is 4.74 Å². The van der Waals surface area contributed by atoms with Gasteiger partial charge in [-0.2, -0.15) is 0 Å². The van der Waals surface area contributed by atoms with Crippen LogP contribution in [-0.2, 0) is 22.6 Å². The quantitative estimate of drug-likeness (QED) is 0.793. The third-order valence-electron chi connectivity index (χ3n) is 5.91. The molecule has 2 saturated heterocycles. The summed E-state index contributed by atoms with van der Waals surface area (Å²) in [6.07, 6.45) is 5.29. The van der Waals surface area contributed by atoms with Crippen LogP contribution in [0.25, 0.3) is 0 Å². The van der Waals surface area contributed by atoms with Crippen molar-refractivity contribution in [3.63, 3.8) is 0 Å². The predicted octanol–water partition coefficient (Wildman–Crippen LogP) is 2.40. The van der Waals surface area contributed by atoms with E-state index in [0.717, 1.165) is 24.9 Å². The van der Waals surface area contributed by atoms with Gasteiger partial charge in [-0.15, -0.1) is 0 Å². The first-order valence-corrected chi connectivity index (χ1v) is 9.76. The number of nitrogens with one attached hydrogen (secondary N) is 1. The molecule has 0 radical (unpaired) electrons. The predicted molar refractivity (Wildman–Crippen MR) is 105 cm³/mol. The first-order valence-electron chi connectivity index (χ1n) is 9.76. The summed E-state index contributed by atoms with van der Waals surface area (Å²) >= 11 is 0. The van der Waals surface area contributed by atoms with E-state index in [2.05, 4.69) is 32.3 Å². The van der Waals surface area contributed by atoms with E-state index in [-0.39, 0.29) is 11.3 Å². The van der Waals surface area contributed by atoms with Crippen molar-refractivity contribution in [2.24, 2.45) is 11.3 Å². The molecule has 2 fully saturated rings. The van der Waals surface area contributed by atoms with Crippen molar-refractivity contribution in [2.45, 2.75) is 25.9 Å². The van der Waals surface area contributed by atoms with Crippen molar-refractivity contribution < 1.29 is 14.6 Å². The molecule has 1 spiro atoms. The van der Waals surface area contributed by atoms with Crippen molar-refractivity contribution in [1.29, 1.82) is 0 Å². The molecule has 7 heteroatoms. The number of rotatable bonds is 6. The Bertz CT molecular complexity index is 791. The summed E-state index contributed by atoms with van der Waals surface area (Å²) in [5, 5.41) is 12.9. The maximum absolute atomic E-state index is 11.8. The average molecular weight is 382 g/mol. The van der Waals surface area contributed by atoms with Crippen LogP contribution in [0.3, 0.4) is 0 Å². The molecule has 28 heavy (non-hydrogen) atoms. The van der Waals surface area contributed by atoms with Gasteiger partial charge in [-0.1, -0.05) is 30.3 Å². The van der Waals surface area contributed by atoms with Crippen LogP contribution in [0.1, 0.15) is 24.0 Å². The Labute approximate surface area is 164 Å². The molecular weight excluding hydrogens is 356 g/mol. The van der Waals surface area contributed by atoms with Crippen LogP contribution in [0.4, 0.5) is 5.95 Å². The lowest BCUT2D eigenvalue weighted by Gasteiger charge is -2.36. The second-order valence-electron chi connectivity index (χ2n) is 7.79. The monoisotopic (exact) mass is 382 g/mol. The summed E-state index contributed by atoms with van der Waals surface area (Å²) < 4.78 is 5.47. The summed E-state index contributed by atoms with van der Waals surface area (Å²) in [7, 11) is 0. The Kier molecular flexibility index (Phi) is 5.54. The van der Waals surface area contributed by atoms with Gasteiger partial charge < -0.3 is 15.2 Å². The van der Waals surface area contributed by atoms with Gasteiger partial charge in [0.1, 0.15) is 0 Å². The fourth-order valence-electron chi connectivity index (χ4n) is 4.38. The van der Waals surface area contributed by atoms with Crippen molar-refractivity contribution in [2.75, 3.05) is 31.6 Å². The van der Waals surface area contributed by atoms with E-state index in [1.165, 1.54) is 5.56 Å². The first-order chi connectivity index (χ1) is 13.6. The van der Waals surface area contributed by atoms with Crippen molar-refractivity contribution in [1.82, 2.24) is 14.9 Å². The van der Waals surface area contributed by atoms with Crippen LogP contribution >= 0.6 is 0 Å². The molecule has 0 aliphatic carbocycles. The minimum atomic E-state index is -0.693. The molecule has 1 aromatic carbocycles. The van der Waals surface area contributed by atoms with Crippen LogP contribution in [0, 0.1) is 11.3 Å².